The van der Waals surface area contributed by atoms with Crippen molar-refractivity contribution in [2.45, 2.75) is 57.5 Å². The van der Waals surface area contributed by atoms with Gasteiger partial charge in [0.25, 0.3) is 0 Å². The molecular formula is C22H32N4O2. The summed E-state index contributed by atoms with van der Waals surface area (Å²) in [7, 11) is 3.88. The number of anilines is 1. The molecule has 0 spiro atoms. The Bertz CT molecular complexity index is 715. The van der Waals surface area contributed by atoms with Crippen molar-refractivity contribution in [2.24, 2.45) is 23.2 Å². The van der Waals surface area contributed by atoms with Gasteiger partial charge in [-0.25, -0.2) is 0 Å². The molecule has 28 heavy (non-hydrogen) atoms. The summed E-state index contributed by atoms with van der Waals surface area (Å²) in [5.41, 5.74) is 0.316. The molecule has 1 aromatic heterocycles. The van der Waals surface area contributed by atoms with Gasteiger partial charge in [-0.05, 0) is 61.7 Å². The van der Waals surface area contributed by atoms with Gasteiger partial charge in [-0.15, -0.1) is 0 Å². The number of aromatic nitrogens is 2. The predicted molar refractivity (Wildman–Crippen MR) is 107 cm³/mol. The van der Waals surface area contributed by atoms with Gasteiger partial charge in [0.05, 0.1) is 18.9 Å². The number of amides is 1. The number of nitrogens with zero attached hydrogens (tertiary/aromatic N) is 4. The fourth-order valence-electron chi connectivity index (χ4n) is 6.77. The average molecular weight is 385 g/mol. The maximum Gasteiger partial charge on any atom is 0.234 e. The molecule has 1 atom stereocenters. The van der Waals surface area contributed by atoms with Crippen LogP contribution in [0.3, 0.4) is 0 Å². The zero-order chi connectivity index (χ0) is 19.3. The standard InChI is InChI=1S/C22H32N4O2/c1-25(2)19-12-23-13-20(24-19)28-18-3-4-26(14-18)21(27)11-22-8-15-5-16(9-22)7-17(6-15)10-22/h12-13,15-18H,3-11,14H2,1-2H3. The number of likely N-dealkylation sites (tertiary alicyclic amines) is 1. The molecule has 6 nitrogen and oxygen atoms in total. The van der Waals surface area contributed by atoms with Crippen LogP contribution in [0.4, 0.5) is 5.82 Å². The zero-order valence-corrected chi connectivity index (χ0v) is 17.1. The summed E-state index contributed by atoms with van der Waals surface area (Å²) in [4.78, 5) is 25.8. The van der Waals surface area contributed by atoms with Crippen molar-refractivity contribution in [2.75, 3.05) is 32.1 Å². The topological polar surface area (TPSA) is 58.6 Å². The van der Waals surface area contributed by atoms with Crippen LogP contribution in [-0.2, 0) is 4.79 Å². The molecular weight excluding hydrogens is 352 g/mol. The summed E-state index contributed by atoms with van der Waals surface area (Å²) in [6, 6.07) is 0. The van der Waals surface area contributed by atoms with Crippen molar-refractivity contribution >= 4 is 11.7 Å². The van der Waals surface area contributed by atoms with Gasteiger partial charge in [-0.3, -0.25) is 9.78 Å². The SMILES string of the molecule is CN(C)c1cncc(OC2CCN(C(=O)CC34CC5CC(CC(C5)C3)C4)C2)n1. The summed E-state index contributed by atoms with van der Waals surface area (Å²) in [6.45, 7) is 1.48. The number of hydrogen-bond donors (Lipinski definition) is 0. The second-order valence-electron chi connectivity index (χ2n) is 10.1. The van der Waals surface area contributed by atoms with E-state index in [-0.39, 0.29) is 6.10 Å². The van der Waals surface area contributed by atoms with Crippen molar-refractivity contribution < 1.29 is 9.53 Å². The van der Waals surface area contributed by atoms with Crippen LogP contribution >= 0.6 is 0 Å². The van der Waals surface area contributed by atoms with Gasteiger partial charge in [0.2, 0.25) is 11.8 Å². The first-order valence-corrected chi connectivity index (χ1v) is 10.9. The number of carbonyl (C=O) groups excluding carboxylic acids is 1. The van der Waals surface area contributed by atoms with E-state index in [0.717, 1.165) is 43.0 Å². The number of hydrogen-bond acceptors (Lipinski definition) is 5. The van der Waals surface area contributed by atoms with Crippen LogP contribution in [0.15, 0.2) is 12.4 Å². The van der Waals surface area contributed by atoms with E-state index in [2.05, 4.69) is 9.97 Å². The van der Waals surface area contributed by atoms with E-state index in [0.29, 0.717) is 23.7 Å². The zero-order valence-electron chi connectivity index (χ0n) is 17.1. The smallest absolute Gasteiger partial charge is 0.234 e. The minimum atomic E-state index is 0.0204. The third-order valence-corrected chi connectivity index (χ3v) is 7.53. The first-order chi connectivity index (χ1) is 13.5. The van der Waals surface area contributed by atoms with Crippen LogP contribution in [0.1, 0.15) is 51.4 Å². The normalized spacial score (nSPS) is 36.0. The molecule has 1 saturated heterocycles. The Morgan fingerprint density at radius 1 is 1.18 bits per heavy atom. The Balaban J connectivity index is 1.18. The first-order valence-electron chi connectivity index (χ1n) is 10.9. The van der Waals surface area contributed by atoms with E-state index < -0.39 is 0 Å². The summed E-state index contributed by atoms with van der Waals surface area (Å²) in [6.07, 6.45) is 13.2. The molecule has 1 unspecified atom stereocenters. The molecule has 0 aromatic carbocycles. The number of carbonyl (C=O) groups is 1. The fourth-order valence-corrected chi connectivity index (χ4v) is 6.77. The Morgan fingerprint density at radius 3 is 2.50 bits per heavy atom. The Kier molecular flexibility index (Phi) is 4.48. The van der Waals surface area contributed by atoms with Gasteiger partial charge >= 0.3 is 0 Å². The maximum atomic E-state index is 13.1. The molecule has 0 radical (unpaired) electrons. The van der Waals surface area contributed by atoms with E-state index in [4.69, 9.17) is 4.74 Å². The molecule has 1 amide bonds. The van der Waals surface area contributed by atoms with Crippen LogP contribution in [-0.4, -0.2) is 54.1 Å². The van der Waals surface area contributed by atoms with Gasteiger partial charge in [0.15, 0.2) is 5.82 Å². The molecule has 4 bridgehead atoms. The van der Waals surface area contributed by atoms with Crippen LogP contribution in [0.2, 0.25) is 0 Å². The second kappa shape index (κ2) is 6.89. The summed E-state index contributed by atoms with van der Waals surface area (Å²) < 4.78 is 6.05. The maximum absolute atomic E-state index is 13.1. The van der Waals surface area contributed by atoms with Crippen molar-refractivity contribution in [1.29, 1.82) is 0 Å². The molecule has 1 aromatic rings. The summed E-state index contributed by atoms with van der Waals surface area (Å²) >= 11 is 0. The molecule has 6 rings (SSSR count). The lowest BCUT2D eigenvalue weighted by atomic mass is 9.49. The second-order valence-corrected chi connectivity index (χ2v) is 10.1. The minimum Gasteiger partial charge on any atom is -0.471 e. The fraction of sp³-hybridized carbons (Fsp3) is 0.773. The van der Waals surface area contributed by atoms with Crippen molar-refractivity contribution in [3.63, 3.8) is 0 Å². The van der Waals surface area contributed by atoms with E-state index in [1.807, 2.05) is 23.9 Å². The van der Waals surface area contributed by atoms with E-state index in [9.17, 15) is 4.79 Å². The van der Waals surface area contributed by atoms with Crippen LogP contribution < -0.4 is 9.64 Å². The molecule has 0 N–H and O–H groups in total. The van der Waals surface area contributed by atoms with Crippen LogP contribution in [0.5, 0.6) is 5.88 Å². The average Bonchev–Trinajstić information content (AvgIpc) is 3.09. The van der Waals surface area contributed by atoms with Gasteiger partial charge in [0, 0.05) is 33.5 Å². The van der Waals surface area contributed by atoms with Crippen LogP contribution in [0.25, 0.3) is 0 Å². The van der Waals surface area contributed by atoms with E-state index in [1.165, 1.54) is 38.5 Å². The largest absolute Gasteiger partial charge is 0.471 e. The lowest BCUT2D eigenvalue weighted by Crippen LogP contribution is -2.48. The first kappa shape index (κ1) is 18.2. The van der Waals surface area contributed by atoms with Gasteiger partial charge in [0.1, 0.15) is 6.10 Å². The molecule has 4 aliphatic carbocycles. The third kappa shape index (κ3) is 3.46. The quantitative estimate of drug-likeness (QED) is 0.781. The van der Waals surface area contributed by atoms with Gasteiger partial charge in [-0.2, -0.15) is 4.98 Å². The predicted octanol–water partition coefficient (Wildman–Crippen LogP) is 3.13. The molecule has 6 heteroatoms. The van der Waals surface area contributed by atoms with Gasteiger partial charge < -0.3 is 14.5 Å². The molecule has 5 fully saturated rings. The molecule has 4 saturated carbocycles. The van der Waals surface area contributed by atoms with Crippen molar-refractivity contribution in [1.82, 2.24) is 14.9 Å². The molecule has 5 aliphatic rings. The van der Waals surface area contributed by atoms with Crippen molar-refractivity contribution in [3.8, 4) is 5.88 Å². The minimum absolute atomic E-state index is 0.0204. The molecule has 1 aliphatic heterocycles. The number of ether oxygens (including phenoxy) is 1. The lowest BCUT2D eigenvalue weighted by molar-refractivity contribution is -0.138. The van der Waals surface area contributed by atoms with E-state index in [1.54, 1.807) is 12.4 Å². The highest BCUT2D eigenvalue weighted by atomic mass is 16.5. The van der Waals surface area contributed by atoms with Crippen LogP contribution in [0, 0.1) is 23.2 Å². The molecule has 2 heterocycles. The lowest BCUT2D eigenvalue weighted by Gasteiger charge is -2.56. The Hall–Kier alpha value is -1.85. The Labute approximate surface area is 167 Å². The highest BCUT2D eigenvalue weighted by Crippen LogP contribution is 2.61. The number of rotatable bonds is 5. The van der Waals surface area contributed by atoms with Crippen molar-refractivity contribution in [3.05, 3.63) is 12.4 Å². The summed E-state index contributed by atoms with van der Waals surface area (Å²) in [5, 5.41) is 0. The highest BCUT2D eigenvalue weighted by molar-refractivity contribution is 5.77. The third-order valence-electron chi connectivity index (χ3n) is 7.53. The summed E-state index contributed by atoms with van der Waals surface area (Å²) in [5.74, 6) is 4.38. The molecule has 152 valence electrons. The highest BCUT2D eigenvalue weighted by Gasteiger charge is 2.52. The Morgan fingerprint density at radius 2 is 1.86 bits per heavy atom. The van der Waals surface area contributed by atoms with E-state index >= 15 is 0 Å². The monoisotopic (exact) mass is 384 g/mol. The van der Waals surface area contributed by atoms with Gasteiger partial charge in [-0.1, -0.05) is 0 Å².